The number of Topliss-reactive ketones (excluding diaryl/α,β-unsaturated/α-hetero) is 1. The van der Waals surface area contributed by atoms with E-state index < -0.39 is 15.3 Å². The standard InChI is InChI=1S/C26H25NO5S/c1-33(29,30)14-11-18-5-7-19(8-6-18)22-4-2-3-21(27-22)16-25(28)26(12-13-26)20-9-10-23-24(15-20)32-17-31-23/h2-10,15H,11-14,16-17H2,1H3. The molecular formula is C26H25NO5S. The zero-order chi connectivity index (χ0) is 23.1. The maximum Gasteiger partial charge on any atom is 0.231 e. The third-order valence-corrected chi connectivity index (χ3v) is 7.31. The van der Waals surface area contributed by atoms with Crippen LogP contribution in [0.2, 0.25) is 0 Å². The second kappa shape index (κ2) is 8.30. The van der Waals surface area contributed by atoms with Crippen LogP contribution in [0.4, 0.5) is 0 Å². The van der Waals surface area contributed by atoms with Crippen LogP contribution in [0.15, 0.2) is 60.7 Å². The Morgan fingerprint density at radius 2 is 1.76 bits per heavy atom. The molecule has 1 aliphatic heterocycles. The van der Waals surface area contributed by atoms with Crippen molar-refractivity contribution in [1.29, 1.82) is 0 Å². The summed E-state index contributed by atoms with van der Waals surface area (Å²) in [6, 6.07) is 19.3. The number of benzene rings is 2. The number of carbonyl (C=O) groups is 1. The molecule has 5 rings (SSSR count). The van der Waals surface area contributed by atoms with E-state index in [-0.39, 0.29) is 24.7 Å². The van der Waals surface area contributed by atoms with Crippen molar-refractivity contribution >= 4 is 15.6 Å². The molecule has 6 nitrogen and oxygen atoms in total. The van der Waals surface area contributed by atoms with Crippen LogP contribution in [0.25, 0.3) is 11.3 Å². The molecule has 2 heterocycles. The Bertz CT molecular complexity index is 1310. The molecule has 3 aromatic rings. The molecule has 0 N–H and O–H groups in total. The van der Waals surface area contributed by atoms with Gasteiger partial charge >= 0.3 is 0 Å². The van der Waals surface area contributed by atoms with Crippen molar-refractivity contribution in [1.82, 2.24) is 4.98 Å². The summed E-state index contributed by atoms with van der Waals surface area (Å²) in [5.74, 6) is 1.72. The van der Waals surface area contributed by atoms with Gasteiger partial charge < -0.3 is 9.47 Å². The number of fused-ring (bicyclic) bond motifs is 1. The van der Waals surface area contributed by atoms with Crippen LogP contribution < -0.4 is 9.47 Å². The second-order valence-electron chi connectivity index (χ2n) is 8.84. The maximum atomic E-state index is 13.3. The molecule has 0 atom stereocenters. The van der Waals surface area contributed by atoms with E-state index in [1.165, 1.54) is 6.26 Å². The number of nitrogens with zero attached hydrogens (tertiary/aromatic N) is 1. The van der Waals surface area contributed by atoms with E-state index in [9.17, 15) is 13.2 Å². The van der Waals surface area contributed by atoms with E-state index in [1.807, 2.05) is 60.7 Å². The molecule has 1 aliphatic carbocycles. The van der Waals surface area contributed by atoms with Gasteiger partial charge in [0, 0.05) is 23.9 Å². The highest BCUT2D eigenvalue weighted by molar-refractivity contribution is 7.90. The largest absolute Gasteiger partial charge is 0.454 e. The first-order valence-electron chi connectivity index (χ1n) is 11.0. The molecule has 2 aliphatic rings. The molecule has 1 saturated carbocycles. The minimum absolute atomic E-state index is 0.132. The average molecular weight is 464 g/mol. The van der Waals surface area contributed by atoms with Gasteiger partial charge in [-0.05, 0) is 54.7 Å². The van der Waals surface area contributed by atoms with Gasteiger partial charge in [-0.15, -0.1) is 0 Å². The lowest BCUT2D eigenvalue weighted by Crippen LogP contribution is -2.23. The first-order chi connectivity index (χ1) is 15.8. The van der Waals surface area contributed by atoms with Crippen LogP contribution in [0.1, 0.15) is 29.7 Å². The molecule has 0 unspecified atom stereocenters. The van der Waals surface area contributed by atoms with Gasteiger partial charge in [0.05, 0.1) is 16.9 Å². The highest BCUT2D eigenvalue weighted by Crippen LogP contribution is 2.51. The fourth-order valence-electron chi connectivity index (χ4n) is 4.27. The molecule has 0 bridgehead atoms. The molecular weight excluding hydrogens is 438 g/mol. The number of hydrogen-bond acceptors (Lipinski definition) is 6. The summed E-state index contributed by atoms with van der Waals surface area (Å²) in [7, 11) is -2.99. The lowest BCUT2D eigenvalue weighted by Gasteiger charge is -2.15. The highest BCUT2D eigenvalue weighted by Gasteiger charge is 2.50. The number of pyridine rings is 1. The Kier molecular flexibility index (Phi) is 5.44. The van der Waals surface area contributed by atoms with E-state index in [2.05, 4.69) is 0 Å². The second-order valence-corrected chi connectivity index (χ2v) is 11.1. The molecule has 0 amide bonds. The third kappa shape index (κ3) is 4.64. The Balaban J connectivity index is 1.30. The van der Waals surface area contributed by atoms with Crippen LogP contribution in [0.5, 0.6) is 11.5 Å². The summed E-state index contributed by atoms with van der Waals surface area (Å²) in [4.78, 5) is 18.0. The number of sulfone groups is 1. The topological polar surface area (TPSA) is 82.6 Å². The Morgan fingerprint density at radius 3 is 2.48 bits per heavy atom. The zero-order valence-electron chi connectivity index (χ0n) is 18.4. The number of carbonyl (C=O) groups excluding carboxylic acids is 1. The van der Waals surface area contributed by atoms with Crippen LogP contribution in [-0.2, 0) is 32.9 Å². The fraction of sp³-hybridized carbons (Fsp3) is 0.308. The number of rotatable bonds is 8. The number of hydrogen-bond donors (Lipinski definition) is 0. The van der Waals surface area contributed by atoms with Crippen LogP contribution in [0.3, 0.4) is 0 Å². The van der Waals surface area contributed by atoms with Gasteiger partial charge in [-0.3, -0.25) is 9.78 Å². The first kappa shape index (κ1) is 21.6. The SMILES string of the molecule is CS(=O)(=O)CCc1ccc(-c2cccc(CC(=O)C3(c4ccc5c(c4)OCO5)CC3)n2)cc1. The summed E-state index contributed by atoms with van der Waals surface area (Å²) in [5, 5.41) is 0. The van der Waals surface area contributed by atoms with E-state index in [0.29, 0.717) is 12.2 Å². The Hall–Kier alpha value is -3.19. The van der Waals surface area contributed by atoms with Crippen LogP contribution >= 0.6 is 0 Å². The van der Waals surface area contributed by atoms with E-state index in [4.69, 9.17) is 14.5 Å². The number of ether oxygens (including phenoxy) is 2. The van der Waals surface area contributed by atoms with Crippen molar-refractivity contribution < 1.29 is 22.7 Å². The lowest BCUT2D eigenvalue weighted by atomic mass is 9.88. The van der Waals surface area contributed by atoms with Crippen molar-refractivity contribution in [2.75, 3.05) is 18.8 Å². The predicted molar refractivity (Wildman–Crippen MR) is 125 cm³/mol. The minimum Gasteiger partial charge on any atom is -0.454 e. The summed E-state index contributed by atoms with van der Waals surface area (Å²) in [5.41, 5.74) is 3.96. The molecule has 170 valence electrons. The van der Waals surface area contributed by atoms with Gasteiger partial charge in [0.25, 0.3) is 0 Å². The molecule has 1 fully saturated rings. The van der Waals surface area contributed by atoms with Crippen LogP contribution in [-0.4, -0.2) is 38.0 Å². The van der Waals surface area contributed by atoms with Crippen molar-refractivity contribution in [3.8, 4) is 22.8 Å². The summed E-state index contributed by atoms with van der Waals surface area (Å²) >= 11 is 0. The summed E-state index contributed by atoms with van der Waals surface area (Å²) in [6.07, 6.45) is 3.67. The van der Waals surface area contributed by atoms with Gasteiger partial charge in [-0.25, -0.2) is 8.42 Å². The smallest absolute Gasteiger partial charge is 0.231 e. The fourth-order valence-corrected chi connectivity index (χ4v) is 4.87. The third-order valence-electron chi connectivity index (χ3n) is 6.37. The van der Waals surface area contributed by atoms with Crippen LogP contribution in [0, 0.1) is 0 Å². The molecule has 33 heavy (non-hydrogen) atoms. The lowest BCUT2D eigenvalue weighted by molar-refractivity contribution is -0.120. The van der Waals surface area contributed by atoms with Crippen molar-refractivity contribution in [3.05, 3.63) is 77.5 Å². The predicted octanol–water partition coefficient (Wildman–Crippen LogP) is 3.91. The van der Waals surface area contributed by atoms with E-state index >= 15 is 0 Å². The molecule has 1 aromatic heterocycles. The molecule has 0 spiro atoms. The summed E-state index contributed by atoms with van der Waals surface area (Å²) < 4.78 is 33.6. The monoisotopic (exact) mass is 463 g/mol. The number of aromatic nitrogens is 1. The minimum atomic E-state index is -2.99. The normalized spacial score (nSPS) is 15.9. The average Bonchev–Trinajstić information content (AvgIpc) is 3.49. The first-order valence-corrected chi connectivity index (χ1v) is 13.0. The molecule has 7 heteroatoms. The maximum absolute atomic E-state index is 13.3. The quantitative estimate of drug-likeness (QED) is 0.504. The van der Waals surface area contributed by atoms with Crippen molar-refractivity contribution in [3.63, 3.8) is 0 Å². The van der Waals surface area contributed by atoms with E-state index in [0.717, 1.165) is 46.7 Å². The summed E-state index contributed by atoms with van der Waals surface area (Å²) in [6.45, 7) is 0.217. The van der Waals surface area contributed by atoms with Crippen molar-refractivity contribution in [2.45, 2.75) is 31.1 Å². The van der Waals surface area contributed by atoms with Gasteiger partial charge in [0.15, 0.2) is 11.5 Å². The van der Waals surface area contributed by atoms with E-state index in [1.54, 1.807) is 0 Å². The molecule has 0 radical (unpaired) electrons. The Morgan fingerprint density at radius 1 is 1.00 bits per heavy atom. The molecule has 0 saturated heterocycles. The van der Waals surface area contributed by atoms with Gasteiger partial charge in [-0.1, -0.05) is 36.4 Å². The van der Waals surface area contributed by atoms with Crippen molar-refractivity contribution in [2.24, 2.45) is 0 Å². The zero-order valence-corrected chi connectivity index (χ0v) is 19.2. The highest BCUT2D eigenvalue weighted by atomic mass is 32.2. The van der Waals surface area contributed by atoms with Gasteiger partial charge in [0.2, 0.25) is 6.79 Å². The molecule has 2 aromatic carbocycles. The number of ketones is 1. The van der Waals surface area contributed by atoms with Gasteiger partial charge in [0.1, 0.15) is 15.6 Å². The van der Waals surface area contributed by atoms with Gasteiger partial charge in [-0.2, -0.15) is 0 Å². The Labute approximate surface area is 193 Å². The number of aryl methyl sites for hydroxylation is 1.